The number of rotatable bonds is 6. The van der Waals surface area contributed by atoms with Crippen LogP contribution in [0.25, 0.3) is 0 Å². The van der Waals surface area contributed by atoms with Crippen LogP contribution in [0.15, 0.2) is 24.3 Å². The van der Waals surface area contributed by atoms with E-state index in [1.54, 1.807) is 18.2 Å². The van der Waals surface area contributed by atoms with Crippen LogP contribution < -0.4 is 15.4 Å². The van der Waals surface area contributed by atoms with Gasteiger partial charge in [-0.2, -0.15) is 20.5 Å². The fourth-order valence-electron chi connectivity index (χ4n) is 2.10. The predicted molar refractivity (Wildman–Crippen MR) is 85.9 cm³/mol. The zero-order valence-corrected chi connectivity index (χ0v) is 13.5. The molecule has 0 spiro atoms. The van der Waals surface area contributed by atoms with Gasteiger partial charge < -0.3 is 15.4 Å². The van der Waals surface area contributed by atoms with Crippen LogP contribution in [0.2, 0.25) is 0 Å². The van der Waals surface area contributed by atoms with E-state index in [0.29, 0.717) is 12.0 Å². The van der Waals surface area contributed by atoms with E-state index in [0.717, 1.165) is 18.1 Å². The lowest BCUT2D eigenvalue weighted by atomic mass is 10.2. The molecule has 1 aliphatic rings. The quantitative estimate of drug-likeness (QED) is 0.825. The van der Waals surface area contributed by atoms with Gasteiger partial charge in [0.1, 0.15) is 5.75 Å². The van der Waals surface area contributed by atoms with Gasteiger partial charge in [-0.05, 0) is 6.07 Å². The van der Waals surface area contributed by atoms with Gasteiger partial charge in [-0.1, -0.05) is 18.2 Å². The van der Waals surface area contributed by atoms with E-state index >= 15 is 0 Å². The Kier molecular flexibility index (Phi) is 8.52. The van der Waals surface area contributed by atoms with Crippen LogP contribution in [-0.2, 0) is 11.3 Å². The largest absolute Gasteiger partial charge is 0.434 e. The number of hydrogen-bond donors (Lipinski definition) is 2. The summed E-state index contributed by atoms with van der Waals surface area (Å²) in [7, 11) is 0. The number of thioether (sulfide) groups is 1. The van der Waals surface area contributed by atoms with E-state index in [1.165, 1.54) is 6.07 Å². The number of para-hydroxylation sites is 1. The highest BCUT2D eigenvalue weighted by atomic mass is 35.5. The molecule has 0 aromatic heterocycles. The van der Waals surface area contributed by atoms with E-state index in [-0.39, 0.29) is 36.7 Å². The van der Waals surface area contributed by atoms with Crippen LogP contribution in [0, 0.1) is 0 Å². The van der Waals surface area contributed by atoms with E-state index in [4.69, 9.17) is 0 Å². The maximum absolute atomic E-state index is 12.3. The molecule has 4 nitrogen and oxygen atoms in total. The van der Waals surface area contributed by atoms with Gasteiger partial charge in [0.15, 0.2) is 0 Å². The average Bonchev–Trinajstić information content (AvgIpc) is 2.47. The molecule has 1 aromatic carbocycles. The van der Waals surface area contributed by atoms with Gasteiger partial charge in [0.05, 0.1) is 0 Å². The van der Waals surface area contributed by atoms with E-state index in [1.807, 2.05) is 11.8 Å². The topological polar surface area (TPSA) is 50.4 Å². The minimum absolute atomic E-state index is 0. The number of ether oxygens (including phenoxy) is 1. The zero-order valence-electron chi connectivity index (χ0n) is 11.9. The van der Waals surface area contributed by atoms with Gasteiger partial charge in [-0.25, -0.2) is 0 Å². The second-order valence-corrected chi connectivity index (χ2v) is 5.84. The molecule has 1 amide bonds. The van der Waals surface area contributed by atoms with E-state index in [2.05, 4.69) is 15.4 Å². The van der Waals surface area contributed by atoms with Gasteiger partial charge in [-0.3, -0.25) is 4.79 Å². The summed E-state index contributed by atoms with van der Waals surface area (Å²) in [5.41, 5.74) is 0.539. The molecule has 1 aliphatic heterocycles. The van der Waals surface area contributed by atoms with Crippen molar-refractivity contribution in [3.63, 3.8) is 0 Å². The Balaban J connectivity index is 0.00000242. The second kappa shape index (κ2) is 9.86. The first-order valence-electron chi connectivity index (χ1n) is 6.75. The molecule has 0 aliphatic carbocycles. The summed E-state index contributed by atoms with van der Waals surface area (Å²) in [6, 6.07) is 6.64. The molecule has 124 valence electrons. The molecule has 1 saturated heterocycles. The number of nitrogens with one attached hydrogen (secondary N) is 2. The fourth-order valence-corrected chi connectivity index (χ4v) is 3.05. The van der Waals surface area contributed by atoms with Crippen LogP contribution in [0.1, 0.15) is 12.0 Å². The summed E-state index contributed by atoms with van der Waals surface area (Å²) in [6.45, 7) is -1.78. The molecular formula is C14H19ClF2N2O2S. The van der Waals surface area contributed by atoms with Crippen LogP contribution in [-0.4, -0.2) is 36.6 Å². The van der Waals surface area contributed by atoms with Crippen molar-refractivity contribution in [1.82, 2.24) is 10.6 Å². The van der Waals surface area contributed by atoms with Crippen molar-refractivity contribution in [3.05, 3.63) is 29.8 Å². The van der Waals surface area contributed by atoms with Crippen LogP contribution >= 0.6 is 24.2 Å². The summed E-state index contributed by atoms with van der Waals surface area (Å²) in [5.74, 6) is 1.98. The number of halogens is 3. The molecule has 2 rings (SSSR count). The lowest BCUT2D eigenvalue weighted by molar-refractivity contribution is -0.121. The molecule has 0 bridgehead atoms. The number of amides is 1. The van der Waals surface area contributed by atoms with Crippen molar-refractivity contribution in [2.45, 2.75) is 25.6 Å². The van der Waals surface area contributed by atoms with Gasteiger partial charge >= 0.3 is 6.61 Å². The molecule has 0 radical (unpaired) electrons. The van der Waals surface area contributed by atoms with E-state index < -0.39 is 6.61 Å². The molecule has 22 heavy (non-hydrogen) atoms. The maximum atomic E-state index is 12.3. The third kappa shape index (κ3) is 6.37. The normalized spacial score (nSPS) is 17.7. The number of alkyl halides is 2. The summed E-state index contributed by atoms with van der Waals surface area (Å²) >= 11 is 1.82. The highest BCUT2D eigenvalue weighted by Gasteiger charge is 2.17. The monoisotopic (exact) mass is 352 g/mol. The standard InChI is InChI=1S/C14H18F2N2O2S.ClH/c15-14(16)20-12-4-2-1-3-10(12)8-18-13(19)7-11-9-21-6-5-17-11;/h1-4,11,14,17H,5-9H2,(H,18,19);1H. The van der Waals surface area contributed by atoms with Crippen molar-refractivity contribution >= 4 is 30.1 Å². The predicted octanol–water partition coefficient (Wildman–Crippen LogP) is 2.42. The zero-order chi connectivity index (χ0) is 15.1. The van der Waals surface area contributed by atoms with E-state index in [9.17, 15) is 13.6 Å². The van der Waals surface area contributed by atoms with Crippen LogP contribution in [0.5, 0.6) is 5.75 Å². The van der Waals surface area contributed by atoms with Crippen molar-refractivity contribution in [1.29, 1.82) is 0 Å². The average molecular weight is 353 g/mol. The van der Waals surface area contributed by atoms with Crippen LogP contribution in [0.3, 0.4) is 0 Å². The Morgan fingerprint density at radius 3 is 2.91 bits per heavy atom. The Hall–Kier alpha value is -1.05. The molecular weight excluding hydrogens is 334 g/mol. The summed E-state index contributed by atoms with van der Waals surface area (Å²) < 4.78 is 29.0. The number of hydrogen-bond acceptors (Lipinski definition) is 4. The van der Waals surface area contributed by atoms with Crippen molar-refractivity contribution in [2.75, 3.05) is 18.1 Å². The minimum atomic E-state index is -2.87. The minimum Gasteiger partial charge on any atom is -0.434 e. The molecule has 8 heteroatoms. The highest BCUT2D eigenvalue weighted by Crippen LogP contribution is 2.20. The number of carbonyl (C=O) groups is 1. The highest BCUT2D eigenvalue weighted by molar-refractivity contribution is 7.99. The first-order chi connectivity index (χ1) is 10.1. The Labute approximate surface area is 138 Å². The second-order valence-electron chi connectivity index (χ2n) is 4.69. The lowest BCUT2D eigenvalue weighted by Gasteiger charge is -2.22. The van der Waals surface area contributed by atoms with Gasteiger partial charge in [0, 0.05) is 42.6 Å². The summed E-state index contributed by atoms with van der Waals surface area (Å²) in [6.07, 6.45) is 0.394. The van der Waals surface area contributed by atoms with Gasteiger partial charge in [-0.15, -0.1) is 12.4 Å². The Morgan fingerprint density at radius 1 is 1.45 bits per heavy atom. The van der Waals surface area contributed by atoms with Crippen molar-refractivity contribution in [2.24, 2.45) is 0 Å². The molecule has 2 N–H and O–H groups in total. The lowest BCUT2D eigenvalue weighted by Crippen LogP contribution is -2.41. The molecule has 0 saturated carbocycles. The number of benzene rings is 1. The fraction of sp³-hybridized carbons (Fsp3) is 0.500. The first kappa shape index (κ1) is 19.0. The molecule has 1 atom stereocenters. The Bertz CT molecular complexity index is 474. The van der Waals surface area contributed by atoms with Crippen molar-refractivity contribution < 1.29 is 18.3 Å². The smallest absolute Gasteiger partial charge is 0.387 e. The molecule has 1 unspecified atom stereocenters. The SMILES string of the molecule is Cl.O=C(CC1CSCCN1)NCc1ccccc1OC(F)F. The molecule has 1 heterocycles. The number of carbonyl (C=O) groups excluding carboxylic acids is 1. The van der Waals surface area contributed by atoms with Gasteiger partial charge in [0.2, 0.25) is 5.91 Å². The maximum Gasteiger partial charge on any atom is 0.387 e. The molecule has 1 fully saturated rings. The van der Waals surface area contributed by atoms with Gasteiger partial charge in [0.25, 0.3) is 0 Å². The Morgan fingerprint density at radius 2 is 2.23 bits per heavy atom. The third-order valence-electron chi connectivity index (χ3n) is 3.09. The summed E-state index contributed by atoms with van der Waals surface area (Å²) in [4.78, 5) is 11.9. The molecule has 1 aromatic rings. The summed E-state index contributed by atoms with van der Waals surface area (Å²) in [5, 5.41) is 6.03. The third-order valence-corrected chi connectivity index (χ3v) is 4.23. The van der Waals surface area contributed by atoms with Crippen LogP contribution in [0.4, 0.5) is 8.78 Å². The first-order valence-corrected chi connectivity index (χ1v) is 7.91. The van der Waals surface area contributed by atoms with Crippen molar-refractivity contribution in [3.8, 4) is 5.75 Å².